The van der Waals surface area contributed by atoms with Gasteiger partial charge >= 0.3 is 6.01 Å². The van der Waals surface area contributed by atoms with Gasteiger partial charge in [0.15, 0.2) is 17.5 Å². The standard InChI is InChI=1S/C32H33F3N6O2.C2H6/c1-17-12-19-15-36-8-11-41(19)30-24-27(17)37-28(21-14-20(42)13-18-4-5-22(33)25(34)23(18)21)26(35)29(24)38-31(39-30)43-16-32-6-2-9-40(32)10-3-7-32;1-2/h4-5,13-14,17,19,36,42H,2-3,6-12,15-16H2,1H3;1-2H3. The Labute approximate surface area is 260 Å². The maximum absolute atomic E-state index is 16.8. The summed E-state index contributed by atoms with van der Waals surface area (Å²) in [4.78, 5) is 19.0. The van der Waals surface area contributed by atoms with Gasteiger partial charge in [-0.1, -0.05) is 26.8 Å². The highest BCUT2D eigenvalue weighted by Gasteiger charge is 2.45. The first kappa shape index (κ1) is 30.0. The summed E-state index contributed by atoms with van der Waals surface area (Å²) in [5.74, 6) is -2.70. The first-order valence-electron chi connectivity index (χ1n) is 16.2. The van der Waals surface area contributed by atoms with Crippen LogP contribution in [-0.4, -0.2) is 75.9 Å². The van der Waals surface area contributed by atoms with Crippen LogP contribution in [0.1, 0.15) is 64.5 Å². The topological polar surface area (TPSA) is 86.6 Å². The number of pyridine rings is 1. The quantitative estimate of drug-likeness (QED) is 0.276. The lowest BCUT2D eigenvalue weighted by Crippen LogP contribution is -2.51. The lowest BCUT2D eigenvalue weighted by Gasteiger charge is -2.37. The van der Waals surface area contributed by atoms with E-state index in [-0.39, 0.29) is 56.8 Å². The molecule has 2 aromatic heterocycles. The monoisotopic (exact) mass is 620 g/mol. The second-order valence-corrected chi connectivity index (χ2v) is 12.6. The number of benzene rings is 2. The van der Waals surface area contributed by atoms with Crippen LogP contribution in [0, 0.1) is 17.5 Å². The Balaban J connectivity index is 0.00000160. The molecule has 2 unspecified atom stereocenters. The second kappa shape index (κ2) is 11.6. The van der Waals surface area contributed by atoms with Crippen molar-refractivity contribution in [3.63, 3.8) is 0 Å². The Hall–Kier alpha value is -3.70. The van der Waals surface area contributed by atoms with Crippen molar-refractivity contribution in [3.05, 3.63) is 47.4 Å². The number of fused-ring (bicyclic) bond motifs is 4. The molecule has 45 heavy (non-hydrogen) atoms. The van der Waals surface area contributed by atoms with E-state index in [1.165, 1.54) is 18.2 Å². The highest BCUT2D eigenvalue weighted by atomic mass is 19.2. The fourth-order valence-electron chi connectivity index (χ4n) is 7.97. The van der Waals surface area contributed by atoms with Crippen LogP contribution in [0.3, 0.4) is 0 Å². The number of ether oxygens (including phenoxy) is 1. The Kier molecular flexibility index (Phi) is 7.72. The molecule has 8 nitrogen and oxygen atoms in total. The van der Waals surface area contributed by atoms with Crippen molar-refractivity contribution >= 4 is 27.5 Å². The van der Waals surface area contributed by atoms with Gasteiger partial charge < -0.3 is 20.1 Å². The average molecular weight is 621 g/mol. The number of phenols is 1. The van der Waals surface area contributed by atoms with Crippen LogP contribution in [0.25, 0.3) is 32.9 Å². The molecule has 3 saturated heterocycles. The van der Waals surface area contributed by atoms with E-state index in [2.05, 4.69) is 20.1 Å². The number of nitrogens with zero attached hydrogens (tertiary/aromatic N) is 5. The number of rotatable bonds is 4. The first-order valence-corrected chi connectivity index (χ1v) is 16.2. The lowest BCUT2D eigenvalue weighted by molar-refractivity contribution is 0.108. The third kappa shape index (κ3) is 4.86. The van der Waals surface area contributed by atoms with Gasteiger partial charge in [-0.2, -0.15) is 9.97 Å². The van der Waals surface area contributed by atoms with Gasteiger partial charge in [-0.3, -0.25) is 4.90 Å². The zero-order chi connectivity index (χ0) is 31.5. The molecule has 0 amide bonds. The zero-order valence-corrected chi connectivity index (χ0v) is 26.0. The Morgan fingerprint density at radius 2 is 1.78 bits per heavy atom. The summed E-state index contributed by atoms with van der Waals surface area (Å²) in [6.07, 6.45) is 5.06. The summed E-state index contributed by atoms with van der Waals surface area (Å²) in [6.45, 7) is 10.7. The zero-order valence-electron chi connectivity index (χ0n) is 26.0. The molecule has 4 aliphatic rings. The van der Waals surface area contributed by atoms with Crippen LogP contribution in [0.5, 0.6) is 11.8 Å². The van der Waals surface area contributed by atoms with Crippen LogP contribution >= 0.6 is 0 Å². The van der Waals surface area contributed by atoms with Gasteiger partial charge in [0.25, 0.3) is 0 Å². The molecule has 2 atom stereocenters. The molecule has 238 valence electrons. The molecule has 0 aliphatic carbocycles. The van der Waals surface area contributed by atoms with E-state index in [1.807, 2.05) is 20.8 Å². The van der Waals surface area contributed by atoms with Gasteiger partial charge in [-0.25, -0.2) is 18.2 Å². The Morgan fingerprint density at radius 3 is 2.56 bits per heavy atom. The van der Waals surface area contributed by atoms with Crippen molar-refractivity contribution in [3.8, 4) is 23.0 Å². The van der Waals surface area contributed by atoms with Crippen molar-refractivity contribution in [2.45, 2.75) is 70.4 Å². The maximum atomic E-state index is 16.8. The van der Waals surface area contributed by atoms with Crippen LogP contribution in [0.15, 0.2) is 24.3 Å². The SMILES string of the molecule is CC.CC1CC2CNCCN2c2nc(OCC34CCCN3CCC4)nc3c(F)c(-c4cc(O)cc5ccc(F)c(F)c45)nc1c23. The van der Waals surface area contributed by atoms with Crippen molar-refractivity contribution in [2.75, 3.05) is 44.2 Å². The number of halogens is 3. The Bertz CT molecular complexity index is 1780. The lowest BCUT2D eigenvalue weighted by atomic mass is 9.94. The van der Waals surface area contributed by atoms with E-state index in [0.29, 0.717) is 30.0 Å². The molecule has 11 heteroatoms. The molecule has 0 saturated carbocycles. The van der Waals surface area contributed by atoms with Crippen LogP contribution in [0.2, 0.25) is 0 Å². The van der Waals surface area contributed by atoms with Crippen molar-refractivity contribution in [1.29, 1.82) is 0 Å². The molecule has 4 aromatic rings. The average Bonchev–Trinajstić information content (AvgIpc) is 3.60. The minimum Gasteiger partial charge on any atom is -0.508 e. The first-order chi connectivity index (χ1) is 21.8. The second-order valence-electron chi connectivity index (χ2n) is 12.6. The third-order valence-corrected chi connectivity index (χ3v) is 10.0. The van der Waals surface area contributed by atoms with E-state index in [9.17, 15) is 9.50 Å². The van der Waals surface area contributed by atoms with E-state index in [0.717, 1.165) is 64.3 Å². The summed E-state index contributed by atoms with van der Waals surface area (Å²) >= 11 is 0. The number of aromatic hydroxyl groups is 1. The number of piperazine rings is 1. The fourth-order valence-corrected chi connectivity index (χ4v) is 7.97. The predicted octanol–water partition coefficient (Wildman–Crippen LogP) is 6.29. The number of hydrogen-bond donors (Lipinski definition) is 2. The molecule has 4 aliphatic heterocycles. The molecule has 8 rings (SSSR count). The van der Waals surface area contributed by atoms with Crippen LogP contribution in [0.4, 0.5) is 19.0 Å². The van der Waals surface area contributed by atoms with Gasteiger partial charge in [-0.05, 0) is 68.8 Å². The van der Waals surface area contributed by atoms with Gasteiger partial charge in [0.2, 0.25) is 0 Å². The minimum absolute atomic E-state index is 0.0338. The summed E-state index contributed by atoms with van der Waals surface area (Å²) in [5, 5.41) is 14.6. The minimum atomic E-state index is -1.12. The predicted molar refractivity (Wildman–Crippen MR) is 168 cm³/mol. The van der Waals surface area contributed by atoms with Crippen LogP contribution < -0.4 is 15.0 Å². The van der Waals surface area contributed by atoms with E-state index >= 15 is 8.78 Å². The molecule has 3 fully saturated rings. The number of nitrogens with one attached hydrogen (secondary N) is 1. The Morgan fingerprint density at radius 1 is 1.00 bits per heavy atom. The normalized spacial score (nSPS) is 22.1. The molecular weight excluding hydrogens is 581 g/mol. The van der Waals surface area contributed by atoms with E-state index < -0.39 is 17.5 Å². The van der Waals surface area contributed by atoms with Crippen molar-refractivity contribution in [1.82, 2.24) is 25.2 Å². The number of hydrogen-bond acceptors (Lipinski definition) is 8. The summed E-state index contributed by atoms with van der Waals surface area (Å²) < 4.78 is 52.9. The van der Waals surface area contributed by atoms with Crippen molar-refractivity contribution in [2.24, 2.45) is 0 Å². The number of anilines is 1. The molecule has 2 aromatic carbocycles. The molecule has 6 heterocycles. The largest absolute Gasteiger partial charge is 0.508 e. The number of aromatic nitrogens is 3. The van der Waals surface area contributed by atoms with E-state index in [4.69, 9.17) is 14.7 Å². The molecule has 0 radical (unpaired) electrons. The van der Waals surface area contributed by atoms with Gasteiger partial charge in [0.1, 0.15) is 29.4 Å². The summed E-state index contributed by atoms with van der Waals surface area (Å²) in [5.41, 5.74) is 0.351. The molecule has 0 bridgehead atoms. The highest BCUT2D eigenvalue weighted by Crippen LogP contribution is 2.45. The summed E-state index contributed by atoms with van der Waals surface area (Å²) in [6, 6.07) is 5.11. The molecule has 0 spiro atoms. The van der Waals surface area contributed by atoms with Gasteiger partial charge in [0.05, 0.1) is 16.6 Å². The van der Waals surface area contributed by atoms with E-state index in [1.54, 1.807) is 0 Å². The third-order valence-electron chi connectivity index (χ3n) is 10.0. The number of phenolic OH excluding ortho intramolecular Hbond substituents is 1. The maximum Gasteiger partial charge on any atom is 0.319 e. The van der Waals surface area contributed by atoms with Crippen LogP contribution in [-0.2, 0) is 0 Å². The molecule has 2 N–H and O–H groups in total. The van der Waals surface area contributed by atoms with Gasteiger partial charge in [-0.15, -0.1) is 0 Å². The molecular formula is C34H39F3N6O2. The fraction of sp³-hybridized carbons (Fsp3) is 0.500. The summed E-state index contributed by atoms with van der Waals surface area (Å²) in [7, 11) is 0. The highest BCUT2D eigenvalue weighted by molar-refractivity contribution is 6.01. The van der Waals surface area contributed by atoms with Gasteiger partial charge in [0, 0.05) is 42.5 Å². The van der Waals surface area contributed by atoms with Crippen molar-refractivity contribution < 1.29 is 23.0 Å². The smallest absolute Gasteiger partial charge is 0.319 e.